The number of aromatic nitrogens is 5. The number of fused-ring (bicyclic) bond motifs is 1. The lowest BCUT2D eigenvalue weighted by Crippen LogP contribution is -2.32. The molecule has 0 bridgehead atoms. The fraction of sp³-hybridized carbons (Fsp3) is 0.217. The Bertz CT molecular complexity index is 1250. The van der Waals surface area contributed by atoms with Gasteiger partial charge in [-0.15, -0.1) is 0 Å². The Morgan fingerprint density at radius 2 is 1.65 bits per heavy atom. The third-order valence-corrected chi connectivity index (χ3v) is 5.34. The maximum atomic E-state index is 14.2. The normalized spacial score (nSPS) is 13.2. The molecule has 0 saturated carbocycles. The molecular weight excluding hydrogens is 393 g/mol. The molecule has 7 nitrogen and oxygen atoms in total. The SMILES string of the molecule is Cc1cc(C)n(-c2nc(Nc3ccccc3F)nc(N3CCc4ccccc4C3)n2)n1. The van der Waals surface area contributed by atoms with Gasteiger partial charge in [0.1, 0.15) is 5.82 Å². The Labute approximate surface area is 179 Å². The van der Waals surface area contributed by atoms with Crippen LogP contribution in [0.25, 0.3) is 5.95 Å². The molecule has 31 heavy (non-hydrogen) atoms. The molecule has 0 unspecified atom stereocenters. The van der Waals surface area contributed by atoms with Gasteiger partial charge >= 0.3 is 0 Å². The minimum atomic E-state index is -0.371. The summed E-state index contributed by atoms with van der Waals surface area (Å²) in [6.07, 6.45) is 0.910. The standard InChI is InChI=1S/C23H22FN7/c1-15-13-16(2)31(29-15)23-27-21(25-20-10-6-5-9-19(20)24)26-22(28-23)30-12-11-17-7-3-4-8-18(17)14-30/h3-10,13H,11-12,14H2,1-2H3,(H,25,26,27,28). The minimum Gasteiger partial charge on any atom is -0.336 e. The van der Waals surface area contributed by atoms with Gasteiger partial charge in [0.25, 0.3) is 5.95 Å². The molecule has 3 heterocycles. The van der Waals surface area contributed by atoms with E-state index in [9.17, 15) is 4.39 Å². The summed E-state index contributed by atoms with van der Waals surface area (Å²) in [6, 6.07) is 16.8. The third kappa shape index (κ3) is 3.84. The molecule has 0 saturated heterocycles. The van der Waals surface area contributed by atoms with Crippen molar-refractivity contribution in [2.24, 2.45) is 0 Å². The van der Waals surface area contributed by atoms with Crippen molar-refractivity contribution in [1.82, 2.24) is 24.7 Å². The first-order valence-electron chi connectivity index (χ1n) is 10.2. The van der Waals surface area contributed by atoms with Gasteiger partial charge in [0.05, 0.1) is 11.4 Å². The van der Waals surface area contributed by atoms with E-state index in [0.29, 0.717) is 24.1 Å². The summed E-state index contributed by atoms with van der Waals surface area (Å²) < 4.78 is 15.9. The van der Waals surface area contributed by atoms with Crippen LogP contribution < -0.4 is 10.2 Å². The summed E-state index contributed by atoms with van der Waals surface area (Å²) in [5.74, 6) is 0.833. The number of nitrogens with zero attached hydrogens (tertiary/aromatic N) is 6. The molecule has 2 aromatic carbocycles. The first kappa shape index (κ1) is 19.2. The topological polar surface area (TPSA) is 71.8 Å². The fourth-order valence-corrected chi connectivity index (χ4v) is 3.83. The fourth-order valence-electron chi connectivity index (χ4n) is 3.83. The number of anilines is 3. The number of nitrogens with one attached hydrogen (secondary N) is 1. The number of rotatable bonds is 4. The monoisotopic (exact) mass is 415 g/mol. The predicted molar refractivity (Wildman–Crippen MR) is 117 cm³/mol. The second-order valence-corrected chi connectivity index (χ2v) is 7.64. The molecule has 0 radical (unpaired) electrons. The van der Waals surface area contributed by atoms with Crippen LogP contribution in [-0.4, -0.2) is 31.3 Å². The summed E-state index contributed by atoms with van der Waals surface area (Å²) >= 11 is 0. The zero-order valence-electron chi connectivity index (χ0n) is 17.4. The van der Waals surface area contributed by atoms with Gasteiger partial charge < -0.3 is 10.2 Å². The molecule has 5 rings (SSSR count). The quantitative estimate of drug-likeness (QED) is 0.541. The van der Waals surface area contributed by atoms with E-state index in [2.05, 4.69) is 43.5 Å². The van der Waals surface area contributed by atoms with Gasteiger partial charge in [0, 0.05) is 18.8 Å². The molecule has 0 atom stereocenters. The van der Waals surface area contributed by atoms with Gasteiger partial charge in [0.2, 0.25) is 11.9 Å². The Morgan fingerprint density at radius 3 is 2.42 bits per heavy atom. The van der Waals surface area contributed by atoms with E-state index in [1.807, 2.05) is 26.0 Å². The third-order valence-electron chi connectivity index (χ3n) is 5.34. The largest absolute Gasteiger partial charge is 0.336 e. The highest BCUT2D eigenvalue weighted by Crippen LogP contribution is 2.25. The van der Waals surface area contributed by atoms with Crippen molar-refractivity contribution < 1.29 is 4.39 Å². The van der Waals surface area contributed by atoms with E-state index >= 15 is 0 Å². The highest BCUT2D eigenvalue weighted by molar-refractivity contribution is 5.56. The van der Waals surface area contributed by atoms with Crippen molar-refractivity contribution in [3.63, 3.8) is 0 Å². The van der Waals surface area contributed by atoms with Gasteiger partial charge in [-0.3, -0.25) is 0 Å². The van der Waals surface area contributed by atoms with Crippen molar-refractivity contribution >= 4 is 17.6 Å². The van der Waals surface area contributed by atoms with E-state index in [-0.39, 0.29) is 11.8 Å². The molecule has 1 N–H and O–H groups in total. The molecule has 8 heteroatoms. The number of hydrogen-bond acceptors (Lipinski definition) is 6. The van der Waals surface area contributed by atoms with Crippen molar-refractivity contribution in [2.75, 3.05) is 16.8 Å². The second-order valence-electron chi connectivity index (χ2n) is 7.64. The van der Waals surface area contributed by atoms with Crippen molar-refractivity contribution in [1.29, 1.82) is 0 Å². The molecule has 0 spiro atoms. The molecule has 0 aliphatic carbocycles. The van der Waals surface area contributed by atoms with E-state index < -0.39 is 0 Å². The van der Waals surface area contributed by atoms with E-state index in [1.165, 1.54) is 17.2 Å². The Hall–Kier alpha value is -3.81. The van der Waals surface area contributed by atoms with Gasteiger partial charge in [-0.2, -0.15) is 20.1 Å². The zero-order chi connectivity index (χ0) is 21.4. The lowest BCUT2D eigenvalue weighted by atomic mass is 10.0. The van der Waals surface area contributed by atoms with Crippen LogP contribution in [0.2, 0.25) is 0 Å². The summed E-state index contributed by atoms with van der Waals surface area (Å²) in [5, 5.41) is 7.51. The summed E-state index contributed by atoms with van der Waals surface area (Å²) in [4.78, 5) is 16.0. The molecule has 156 valence electrons. The van der Waals surface area contributed by atoms with Crippen molar-refractivity contribution in [3.05, 3.63) is 82.9 Å². The first-order chi connectivity index (χ1) is 15.1. The average molecular weight is 415 g/mol. The maximum absolute atomic E-state index is 14.2. The summed E-state index contributed by atoms with van der Waals surface area (Å²) in [6.45, 7) is 5.36. The summed E-state index contributed by atoms with van der Waals surface area (Å²) in [5.41, 5.74) is 4.69. The molecule has 0 amide bonds. The van der Waals surface area contributed by atoms with Crippen LogP contribution in [-0.2, 0) is 13.0 Å². The van der Waals surface area contributed by atoms with Crippen LogP contribution in [0.5, 0.6) is 0 Å². The van der Waals surface area contributed by atoms with Crippen molar-refractivity contribution in [3.8, 4) is 5.95 Å². The molecule has 1 aliphatic rings. The number of para-hydroxylation sites is 1. The number of benzene rings is 2. The number of halogens is 1. The van der Waals surface area contributed by atoms with Crippen molar-refractivity contribution in [2.45, 2.75) is 26.8 Å². The Balaban J connectivity index is 1.56. The predicted octanol–water partition coefficient (Wildman–Crippen LogP) is 4.12. The molecule has 1 aliphatic heterocycles. The average Bonchev–Trinajstić information content (AvgIpc) is 3.13. The maximum Gasteiger partial charge on any atom is 0.257 e. The lowest BCUT2D eigenvalue weighted by molar-refractivity contribution is 0.631. The highest BCUT2D eigenvalue weighted by Gasteiger charge is 2.21. The Kier molecular flexibility index (Phi) is 4.82. The van der Waals surface area contributed by atoms with E-state index in [4.69, 9.17) is 4.98 Å². The first-order valence-corrected chi connectivity index (χ1v) is 10.2. The van der Waals surface area contributed by atoms with E-state index in [0.717, 1.165) is 24.4 Å². The molecule has 4 aromatic rings. The van der Waals surface area contributed by atoms with Crippen LogP contribution >= 0.6 is 0 Å². The van der Waals surface area contributed by atoms with Crippen LogP contribution in [0.15, 0.2) is 54.6 Å². The molecular formula is C23H22FN7. The highest BCUT2D eigenvalue weighted by atomic mass is 19.1. The van der Waals surface area contributed by atoms with E-state index in [1.54, 1.807) is 22.9 Å². The summed E-state index contributed by atoms with van der Waals surface area (Å²) in [7, 11) is 0. The minimum absolute atomic E-state index is 0.275. The van der Waals surface area contributed by atoms with Gasteiger partial charge in [-0.1, -0.05) is 36.4 Å². The Morgan fingerprint density at radius 1 is 0.903 bits per heavy atom. The number of hydrogen-bond donors (Lipinski definition) is 1. The molecule has 0 fully saturated rings. The van der Waals surface area contributed by atoms with Crippen LogP contribution in [0, 0.1) is 19.7 Å². The smallest absolute Gasteiger partial charge is 0.257 e. The van der Waals surface area contributed by atoms with Gasteiger partial charge in [0.15, 0.2) is 0 Å². The van der Waals surface area contributed by atoms with Crippen LogP contribution in [0.4, 0.5) is 22.0 Å². The van der Waals surface area contributed by atoms with Crippen LogP contribution in [0.1, 0.15) is 22.5 Å². The number of aryl methyl sites for hydroxylation is 2. The van der Waals surface area contributed by atoms with Crippen LogP contribution in [0.3, 0.4) is 0 Å². The van der Waals surface area contributed by atoms with Gasteiger partial charge in [-0.05, 0) is 49.6 Å². The lowest BCUT2D eigenvalue weighted by Gasteiger charge is -2.29. The van der Waals surface area contributed by atoms with Gasteiger partial charge in [-0.25, -0.2) is 9.07 Å². The second kappa shape index (κ2) is 7.79. The zero-order valence-corrected chi connectivity index (χ0v) is 17.4. The molecule has 2 aromatic heterocycles.